The minimum atomic E-state index is -0.255. The van der Waals surface area contributed by atoms with Crippen LogP contribution in [-0.2, 0) is 0 Å². The van der Waals surface area contributed by atoms with Crippen molar-refractivity contribution in [1.82, 2.24) is 5.32 Å². The maximum absolute atomic E-state index is 12.3. The van der Waals surface area contributed by atoms with Gasteiger partial charge in [0.15, 0.2) is 5.11 Å². The first kappa shape index (κ1) is 18.7. The summed E-state index contributed by atoms with van der Waals surface area (Å²) in [5.74, 6) is 0.837. The number of halogens is 1. The van der Waals surface area contributed by atoms with Gasteiger partial charge in [0.1, 0.15) is 5.75 Å². The quantitative estimate of drug-likeness (QED) is 0.526. The highest BCUT2D eigenvalue weighted by molar-refractivity contribution is 14.1. The van der Waals surface area contributed by atoms with Gasteiger partial charge in [-0.1, -0.05) is 32.0 Å². The molecule has 2 aromatic rings. The number of carbonyl (C=O) groups is 1. The van der Waals surface area contributed by atoms with E-state index in [-0.39, 0.29) is 11.0 Å². The molecule has 0 aromatic heterocycles. The molecule has 24 heavy (non-hydrogen) atoms. The summed E-state index contributed by atoms with van der Waals surface area (Å²) < 4.78 is 6.07. The van der Waals surface area contributed by atoms with Gasteiger partial charge in [0.05, 0.1) is 10.7 Å². The standard InChI is InChI=1S/C18H19IN2O2S/c1-11(2)13-6-4-5-7-15(13)20-18(24)21-17(22)12-8-9-16(23-3)14(19)10-12/h4-11H,1-3H3,(H2,20,21,22,24). The van der Waals surface area contributed by atoms with E-state index in [4.69, 9.17) is 17.0 Å². The molecule has 0 saturated heterocycles. The first-order valence-electron chi connectivity index (χ1n) is 7.47. The lowest BCUT2D eigenvalue weighted by molar-refractivity contribution is 0.0977. The second kappa shape index (κ2) is 8.43. The largest absolute Gasteiger partial charge is 0.496 e. The molecule has 0 aliphatic heterocycles. The molecular weight excluding hydrogens is 435 g/mol. The van der Waals surface area contributed by atoms with Gasteiger partial charge in [-0.2, -0.15) is 0 Å². The molecule has 126 valence electrons. The van der Waals surface area contributed by atoms with E-state index in [9.17, 15) is 4.79 Å². The van der Waals surface area contributed by atoms with Gasteiger partial charge < -0.3 is 10.1 Å². The highest BCUT2D eigenvalue weighted by Crippen LogP contribution is 2.24. The number of thiocarbonyl (C=S) groups is 1. The van der Waals surface area contributed by atoms with E-state index in [0.29, 0.717) is 11.5 Å². The number of para-hydroxylation sites is 1. The molecule has 0 unspecified atom stereocenters. The van der Waals surface area contributed by atoms with Gasteiger partial charge in [-0.15, -0.1) is 0 Å². The Morgan fingerprint density at radius 1 is 1.21 bits per heavy atom. The number of hydrogen-bond donors (Lipinski definition) is 2. The molecule has 2 N–H and O–H groups in total. The van der Waals surface area contributed by atoms with E-state index in [1.54, 1.807) is 25.3 Å². The van der Waals surface area contributed by atoms with Crippen molar-refractivity contribution in [3.63, 3.8) is 0 Å². The Morgan fingerprint density at radius 2 is 1.92 bits per heavy atom. The van der Waals surface area contributed by atoms with Crippen LogP contribution in [0.15, 0.2) is 42.5 Å². The van der Waals surface area contributed by atoms with Crippen LogP contribution in [-0.4, -0.2) is 18.1 Å². The van der Waals surface area contributed by atoms with E-state index in [0.717, 1.165) is 20.6 Å². The maximum Gasteiger partial charge on any atom is 0.257 e. The molecule has 1 amide bonds. The lowest BCUT2D eigenvalue weighted by atomic mass is 10.0. The smallest absolute Gasteiger partial charge is 0.257 e. The zero-order valence-electron chi connectivity index (χ0n) is 13.7. The molecule has 6 heteroatoms. The lowest BCUT2D eigenvalue weighted by Gasteiger charge is -2.15. The highest BCUT2D eigenvalue weighted by atomic mass is 127. The number of nitrogens with one attached hydrogen (secondary N) is 2. The van der Waals surface area contributed by atoms with Gasteiger partial charge >= 0.3 is 0 Å². The van der Waals surface area contributed by atoms with E-state index in [2.05, 4.69) is 47.1 Å². The number of carbonyl (C=O) groups excluding carboxylic acids is 1. The topological polar surface area (TPSA) is 50.4 Å². The van der Waals surface area contributed by atoms with Crippen LogP contribution < -0.4 is 15.4 Å². The monoisotopic (exact) mass is 454 g/mol. The number of hydrogen-bond acceptors (Lipinski definition) is 3. The van der Waals surface area contributed by atoms with Crippen molar-refractivity contribution in [2.24, 2.45) is 0 Å². The molecule has 0 bridgehead atoms. The summed E-state index contributed by atoms with van der Waals surface area (Å²) in [5.41, 5.74) is 2.58. The minimum absolute atomic E-state index is 0.255. The molecule has 4 nitrogen and oxygen atoms in total. The molecule has 0 atom stereocenters. The molecule has 0 aliphatic rings. The summed E-state index contributed by atoms with van der Waals surface area (Å²) >= 11 is 7.40. The van der Waals surface area contributed by atoms with E-state index >= 15 is 0 Å². The fourth-order valence-electron chi connectivity index (χ4n) is 2.25. The van der Waals surface area contributed by atoms with Crippen molar-refractivity contribution in [2.75, 3.05) is 12.4 Å². The van der Waals surface area contributed by atoms with E-state index in [1.165, 1.54) is 0 Å². The second-order valence-electron chi connectivity index (χ2n) is 5.50. The maximum atomic E-state index is 12.3. The first-order chi connectivity index (χ1) is 11.4. The van der Waals surface area contributed by atoms with Crippen molar-refractivity contribution >= 4 is 51.5 Å². The first-order valence-corrected chi connectivity index (χ1v) is 8.96. The van der Waals surface area contributed by atoms with Crippen molar-refractivity contribution in [2.45, 2.75) is 19.8 Å². The predicted octanol–water partition coefficient (Wildman–Crippen LogP) is 4.55. The number of methoxy groups -OCH3 is 1. The highest BCUT2D eigenvalue weighted by Gasteiger charge is 2.12. The second-order valence-corrected chi connectivity index (χ2v) is 7.07. The number of amides is 1. The van der Waals surface area contributed by atoms with Crippen LogP contribution in [0.2, 0.25) is 0 Å². The van der Waals surface area contributed by atoms with Crippen LogP contribution in [0.25, 0.3) is 0 Å². The van der Waals surface area contributed by atoms with Crippen LogP contribution >= 0.6 is 34.8 Å². The Kier molecular flexibility index (Phi) is 6.56. The van der Waals surface area contributed by atoms with Crippen molar-refractivity contribution < 1.29 is 9.53 Å². The molecule has 0 heterocycles. The third kappa shape index (κ3) is 4.67. The van der Waals surface area contributed by atoms with Crippen LogP contribution in [0.4, 0.5) is 5.69 Å². The summed E-state index contributed by atoms with van der Waals surface area (Å²) in [6.45, 7) is 4.23. The number of benzene rings is 2. The zero-order chi connectivity index (χ0) is 17.7. The van der Waals surface area contributed by atoms with Crippen molar-refractivity contribution in [3.05, 3.63) is 57.2 Å². The van der Waals surface area contributed by atoms with E-state index in [1.807, 2.05) is 24.3 Å². The van der Waals surface area contributed by atoms with Gasteiger partial charge in [0.25, 0.3) is 5.91 Å². The molecule has 0 aliphatic carbocycles. The molecule has 0 radical (unpaired) electrons. The summed E-state index contributed by atoms with van der Waals surface area (Å²) in [4.78, 5) is 12.3. The molecule has 0 fully saturated rings. The number of anilines is 1. The Bertz CT molecular complexity index is 762. The normalized spacial score (nSPS) is 10.4. The number of ether oxygens (including phenoxy) is 1. The van der Waals surface area contributed by atoms with Crippen LogP contribution in [0.5, 0.6) is 5.75 Å². The fraction of sp³-hybridized carbons (Fsp3) is 0.222. The molecule has 0 saturated carbocycles. The lowest BCUT2D eigenvalue weighted by Crippen LogP contribution is -2.34. The zero-order valence-corrected chi connectivity index (χ0v) is 16.7. The summed E-state index contributed by atoms with van der Waals surface area (Å²) in [6, 6.07) is 13.2. The number of rotatable bonds is 4. The summed E-state index contributed by atoms with van der Waals surface area (Å²) in [6.07, 6.45) is 0. The van der Waals surface area contributed by atoms with Crippen molar-refractivity contribution in [3.8, 4) is 5.75 Å². The average Bonchev–Trinajstić information content (AvgIpc) is 2.54. The Balaban J connectivity index is 2.07. The third-order valence-corrected chi connectivity index (χ3v) is 4.52. The van der Waals surface area contributed by atoms with Crippen LogP contribution in [0.1, 0.15) is 35.7 Å². The molecule has 2 rings (SSSR count). The summed E-state index contributed by atoms with van der Waals surface area (Å²) in [7, 11) is 1.60. The molecule has 0 spiro atoms. The van der Waals surface area contributed by atoms with Gasteiger partial charge in [-0.3, -0.25) is 10.1 Å². The predicted molar refractivity (Wildman–Crippen MR) is 110 cm³/mol. The minimum Gasteiger partial charge on any atom is -0.496 e. The average molecular weight is 454 g/mol. The fourth-order valence-corrected chi connectivity index (χ4v) is 3.19. The van der Waals surface area contributed by atoms with Crippen molar-refractivity contribution in [1.29, 1.82) is 0 Å². The SMILES string of the molecule is COc1ccc(C(=O)NC(=S)Nc2ccccc2C(C)C)cc1I. The van der Waals surface area contributed by atoms with Gasteiger partial charge in [-0.05, 0) is 70.6 Å². The summed E-state index contributed by atoms with van der Waals surface area (Å²) in [5, 5.41) is 6.09. The molecule has 2 aromatic carbocycles. The van der Waals surface area contributed by atoms with Crippen LogP contribution in [0.3, 0.4) is 0 Å². The van der Waals surface area contributed by atoms with E-state index < -0.39 is 0 Å². The third-order valence-electron chi connectivity index (χ3n) is 3.47. The van der Waals surface area contributed by atoms with Gasteiger partial charge in [0, 0.05) is 11.3 Å². The van der Waals surface area contributed by atoms with Gasteiger partial charge in [-0.25, -0.2) is 0 Å². The Hall–Kier alpha value is -1.67. The Labute approximate surface area is 161 Å². The van der Waals surface area contributed by atoms with Crippen LogP contribution in [0, 0.1) is 3.57 Å². The molecular formula is C18H19IN2O2S. The van der Waals surface area contributed by atoms with Gasteiger partial charge in [0.2, 0.25) is 0 Å². The Morgan fingerprint density at radius 3 is 2.54 bits per heavy atom.